The van der Waals surface area contributed by atoms with Gasteiger partial charge >= 0.3 is 0 Å². The van der Waals surface area contributed by atoms with E-state index in [1.807, 2.05) is 25.1 Å². The van der Waals surface area contributed by atoms with Crippen LogP contribution >= 0.6 is 0 Å². The van der Waals surface area contributed by atoms with Gasteiger partial charge in [-0.25, -0.2) is 0 Å². The molecule has 0 radical (unpaired) electrons. The van der Waals surface area contributed by atoms with E-state index in [0.29, 0.717) is 5.56 Å². The second-order valence-electron chi connectivity index (χ2n) is 3.92. The second kappa shape index (κ2) is 4.30. The molecule has 4 heteroatoms. The normalized spacial score (nSPS) is 10.4. The van der Waals surface area contributed by atoms with Crippen molar-refractivity contribution < 1.29 is 4.79 Å². The molecule has 0 bridgehead atoms. The van der Waals surface area contributed by atoms with Crippen LogP contribution in [0.1, 0.15) is 18.1 Å². The highest BCUT2D eigenvalue weighted by Crippen LogP contribution is 2.24. The standard InChI is InChI=1S/C13H13N3O/c1-2-9-4-3-5-11-10(6-14)7-16(13(9)11)8-12(15)17/h3-5,7H,2,8H2,1H3,(H2,15,17). The monoisotopic (exact) mass is 227 g/mol. The Bertz CT molecular complexity index is 619. The predicted octanol–water partition coefficient (Wildman–Crippen LogP) is 1.56. The third kappa shape index (κ3) is 1.87. The van der Waals surface area contributed by atoms with Gasteiger partial charge in [0, 0.05) is 11.6 Å². The zero-order chi connectivity index (χ0) is 12.4. The van der Waals surface area contributed by atoms with Gasteiger partial charge in [-0.2, -0.15) is 5.26 Å². The third-order valence-corrected chi connectivity index (χ3v) is 2.81. The fraction of sp³-hybridized carbons (Fsp3) is 0.231. The molecule has 0 saturated carbocycles. The van der Waals surface area contributed by atoms with E-state index < -0.39 is 5.91 Å². The number of aromatic nitrogens is 1. The molecule has 4 nitrogen and oxygen atoms in total. The summed E-state index contributed by atoms with van der Waals surface area (Å²) in [4.78, 5) is 11.0. The van der Waals surface area contributed by atoms with Crippen molar-refractivity contribution in [3.63, 3.8) is 0 Å². The molecule has 0 aliphatic heterocycles. The molecule has 0 spiro atoms. The van der Waals surface area contributed by atoms with Gasteiger partial charge in [-0.3, -0.25) is 4.79 Å². The molecule has 1 heterocycles. The molecule has 2 rings (SSSR count). The largest absolute Gasteiger partial charge is 0.368 e. The number of hydrogen-bond acceptors (Lipinski definition) is 2. The Morgan fingerprint density at radius 3 is 2.88 bits per heavy atom. The number of nitrogens with zero attached hydrogens (tertiary/aromatic N) is 2. The molecule has 1 aromatic carbocycles. The minimum absolute atomic E-state index is 0.106. The zero-order valence-electron chi connectivity index (χ0n) is 9.60. The maximum atomic E-state index is 11.0. The van der Waals surface area contributed by atoms with E-state index in [2.05, 4.69) is 6.07 Å². The summed E-state index contributed by atoms with van der Waals surface area (Å²) in [5.74, 6) is -0.405. The van der Waals surface area contributed by atoms with Gasteiger partial charge in [-0.1, -0.05) is 25.1 Å². The molecule has 2 N–H and O–H groups in total. The van der Waals surface area contributed by atoms with Crippen LogP contribution in [0.5, 0.6) is 0 Å². The summed E-state index contributed by atoms with van der Waals surface area (Å²) in [5, 5.41) is 9.95. The molecular weight excluding hydrogens is 214 g/mol. The number of amides is 1. The summed E-state index contributed by atoms with van der Waals surface area (Å²) < 4.78 is 1.76. The first-order chi connectivity index (χ1) is 8.17. The molecule has 2 aromatic rings. The summed E-state index contributed by atoms with van der Waals surface area (Å²) in [6, 6.07) is 7.96. The highest BCUT2D eigenvalue weighted by molar-refractivity contribution is 5.90. The van der Waals surface area contributed by atoms with Gasteiger partial charge in [0.1, 0.15) is 12.6 Å². The molecule has 0 unspecified atom stereocenters. The minimum atomic E-state index is -0.405. The Hall–Kier alpha value is -2.28. The molecule has 0 aliphatic carbocycles. The number of primary amides is 1. The second-order valence-corrected chi connectivity index (χ2v) is 3.92. The minimum Gasteiger partial charge on any atom is -0.368 e. The van der Waals surface area contributed by atoms with Gasteiger partial charge in [-0.15, -0.1) is 0 Å². The van der Waals surface area contributed by atoms with Crippen LogP contribution in [0, 0.1) is 11.3 Å². The number of carbonyl (C=O) groups excluding carboxylic acids is 1. The van der Waals surface area contributed by atoms with Gasteiger partial charge < -0.3 is 10.3 Å². The fourth-order valence-corrected chi connectivity index (χ4v) is 2.10. The molecule has 0 saturated heterocycles. The fourth-order valence-electron chi connectivity index (χ4n) is 2.10. The van der Waals surface area contributed by atoms with Crippen molar-refractivity contribution in [1.82, 2.24) is 4.57 Å². The van der Waals surface area contributed by atoms with E-state index in [4.69, 9.17) is 11.0 Å². The number of nitrogens with two attached hydrogens (primary N) is 1. The smallest absolute Gasteiger partial charge is 0.237 e. The molecule has 0 fully saturated rings. The lowest BCUT2D eigenvalue weighted by Gasteiger charge is -2.06. The van der Waals surface area contributed by atoms with Crippen LogP contribution in [0.25, 0.3) is 10.9 Å². The topological polar surface area (TPSA) is 71.8 Å². The lowest BCUT2D eigenvalue weighted by Crippen LogP contribution is -2.18. The van der Waals surface area contributed by atoms with Gasteiger partial charge in [0.25, 0.3) is 0 Å². The van der Waals surface area contributed by atoms with E-state index in [1.165, 1.54) is 0 Å². The van der Waals surface area contributed by atoms with Crippen molar-refractivity contribution in [2.24, 2.45) is 5.73 Å². The SMILES string of the molecule is CCc1cccc2c(C#N)cn(CC(N)=O)c12. The Balaban J connectivity index is 2.75. The summed E-state index contributed by atoms with van der Waals surface area (Å²) in [6.07, 6.45) is 2.54. The van der Waals surface area contributed by atoms with Crippen LogP contribution in [0.3, 0.4) is 0 Å². The van der Waals surface area contributed by atoms with Crippen LogP contribution in [-0.4, -0.2) is 10.5 Å². The lowest BCUT2D eigenvalue weighted by molar-refractivity contribution is -0.118. The summed E-state index contributed by atoms with van der Waals surface area (Å²) >= 11 is 0. The Morgan fingerprint density at radius 2 is 2.29 bits per heavy atom. The van der Waals surface area contributed by atoms with Crippen molar-refractivity contribution in [3.8, 4) is 6.07 Å². The van der Waals surface area contributed by atoms with E-state index in [1.54, 1.807) is 10.8 Å². The number of aryl methyl sites for hydroxylation is 1. The van der Waals surface area contributed by atoms with E-state index in [-0.39, 0.29) is 6.54 Å². The highest BCUT2D eigenvalue weighted by Gasteiger charge is 2.12. The van der Waals surface area contributed by atoms with Crippen LogP contribution in [0.15, 0.2) is 24.4 Å². The van der Waals surface area contributed by atoms with E-state index in [9.17, 15) is 4.79 Å². The van der Waals surface area contributed by atoms with Crippen molar-refractivity contribution in [2.75, 3.05) is 0 Å². The predicted molar refractivity (Wildman–Crippen MR) is 65.2 cm³/mol. The Kier molecular flexibility index (Phi) is 2.84. The van der Waals surface area contributed by atoms with Crippen LogP contribution < -0.4 is 5.73 Å². The first-order valence-corrected chi connectivity index (χ1v) is 5.46. The maximum Gasteiger partial charge on any atom is 0.237 e. The quantitative estimate of drug-likeness (QED) is 0.864. The molecule has 1 aromatic heterocycles. The third-order valence-electron chi connectivity index (χ3n) is 2.81. The lowest BCUT2D eigenvalue weighted by atomic mass is 10.1. The van der Waals surface area contributed by atoms with Crippen LogP contribution in [0.2, 0.25) is 0 Å². The molecule has 0 atom stereocenters. The number of fused-ring (bicyclic) bond motifs is 1. The van der Waals surface area contributed by atoms with Crippen LogP contribution in [0.4, 0.5) is 0 Å². The first kappa shape index (κ1) is 11.2. The Morgan fingerprint density at radius 1 is 1.53 bits per heavy atom. The molecule has 0 aliphatic rings. The molecule has 1 amide bonds. The van der Waals surface area contributed by atoms with Gasteiger partial charge in [0.05, 0.1) is 11.1 Å². The average molecular weight is 227 g/mol. The number of carbonyl (C=O) groups is 1. The Labute approximate surface area is 99.3 Å². The first-order valence-electron chi connectivity index (χ1n) is 5.46. The number of nitriles is 1. The maximum absolute atomic E-state index is 11.0. The number of benzene rings is 1. The van der Waals surface area contributed by atoms with E-state index >= 15 is 0 Å². The van der Waals surface area contributed by atoms with Gasteiger partial charge in [0.15, 0.2) is 0 Å². The van der Waals surface area contributed by atoms with Crippen molar-refractivity contribution in [2.45, 2.75) is 19.9 Å². The zero-order valence-corrected chi connectivity index (χ0v) is 9.60. The highest BCUT2D eigenvalue weighted by atomic mass is 16.1. The van der Waals surface area contributed by atoms with Crippen molar-refractivity contribution >= 4 is 16.8 Å². The summed E-state index contributed by atoms with van der Waals surface area (Å²) in [5.41, 5.74) is 7.85. The number of rotatable bonds is 3. The summed E-state index contributed by atoms with van der Waals surface area (Å²) in [7, 11) is 0. The van der Waals surface area contributed by atoms with Crippen LogP contribution in [-0.2, 0) is 17.8 Å². The van der Waals surface area contributed by atoms with Crippen molar-refractivity contribution in [3.05, 3.63) is 35.5 Å². The van der Waals surface area contributed by atoms with Gasteiger partial charge in [-0.05, 0) is 12.0 Å². The average Bonchev–Trinajstić information content (AvgIpc) is 2.66. The molecule has 86 valence electrons. The summed E-state index contributed by atoms with van der Waals surface area (Å²) in [6.45, 7) is 2.15. The number of para-hydroxylation sites is 1. The van der Waals surface area contributed by atoms with Gasteiger partial charge in [0.2, 0.25) is 5.91 Å². The number of hydrogen-bond donors (Lipinski definition) is 1. The molecule has 17 heavy (non-hydrogen) atoms. The van der Waals surface area contributed by atoms with E-state index in [0.717, 1.165) is 22.9 Å². The molecular formula is C13H13N3O. The van der Waals surface area contributed by atoms with Crippen molar-refractivity contribution in [1.29, 1.82) is 5.26 Å².